The van der Waals surface area contributed by atoms with Crippen molar-refractivity contribution in [3.63, 3.8) is 0 Å². The summed E-state index contributed by atoms with van der Waals surface area (Å²) in [5.41, 5.74) is -0.549. The third-order valence-electron chi connectivity index (χ3n) is 2.69. The lowest BCUT2D eigenvalue weighted by Gasteiger charge is -2.31. The van der Waals surface area contributed by atoms with Gasteiger partial charge in [0.15, 0.2) is 0 Å². The van der Waals surface area contributed by atoms with Gasteiger partial charge >= 0.3 is 12.1 Å². The Morgan fingerprint density at radius 1 is 1.33 bits per heavy atom. The molecular weight excluding hydrogens is 236 g/mol. The van der Waals surface area contributed by atoms with Crippen molar-refractivity contribution >= 4 is 12.1 Å². The lowest BCUT2D eigenvalue weighted by Crippen LogP contribution is -2.54. The highest BCUT2D eigenvalue weighted by atomic mass is 16.6. The van der Waals surface area contributed by atoms with Gasteiger partial charge in [-0.2, -0.15) is 0 Å². The molecule has 6 heteroatoms. The summed E-state index contributed by atoms with van der Waals surface area (Å²) in [4.78, 5) is 23.3. The van der Waals surface area contributed by atoms with Crippen LogP contribution in [0.2, 0.25) is 0 Å². The lowest BCUT2D eigenvalue weighted by molar-refractivity contribution is -0.147. The third kappa shape index (κ3) is 4.52. The molecule has 0 unspecified atom stereocenters. The van der Waals surface area contributed by atoms with Gasteiger partial charge in [-0.1, -0.05) is 0 Å². The average molecular weight is 258 g/mol. The van der Waals surface area contributed by atoms with E-state index in [0.29, 0.717) is 13.0 Å². The number of piperidine rings is 1. The van der Waals surface area contributed by atoms with Gasteiger partial charge in [0.1, 0.15) is 5.60 Å². The van der Waals surface area contributed by atoms with Gasteiger partial charge in [0.2, 0.25) is 0 Å². The summed E-state index contributed by atoms with van der Waals surface area (Å²) in [5.74, 6) is -0.610. The Hall–Kier alpha value is -1.30. The summed E-state index contributed by atoms with van der Waals surface area (Å²) in [6.45, 7) is 6.67. The minimum atomic E-state index is -0.549. The molecule has 18 heavy (non-hydrogen) atoms. The Labute approximate surface area is 107 Å². The summed E-state index contributed by atoms with van der Waals surface area (Å²) in [7, 11) is 1.36. The van der Waals surface area contributed by atoms with Gasteiger partial charge in [-0.25, -0.2) is 4.79 Å². The predicted octanol–water partition coefficient (Wildman–Crippen LogP) is 0.662. The van der Waals surface area contributed by atoms with Crippen molar-refractivity contribution in [1.29, 1.82) is 0 Å². The number of methoxy groups -OCH3 is 1. The summed E-state index contributed by atoms with van der Waals surface area (Å²) in [6.07, 6.45) is 0.137. The number of rotatable bonds is 2. The molecule has 0 aromatic rings. The standard InChI is InChI=1S/C12H22N2O4/c1-12(2,3)18-11(16)14-9-7-13-6-5-8(9)10(15)17-4/h8-9,13H,5-7H2,1-4H3,(H,14,16)/t8-,9+/m0/s1. The summed E-state index contributed by atoms with van der Waals surface area (Å²) in [6, 6.07) is -0.291. The van der Waals surface area contributed by atoms with Gasteiger partial charge in [-0.15, -0.1) is 0 Å². The van der Waals surface area contributed by atoms with Crippen LogP contribution in [-0.2, 0) is 14.3 Å². The van der Waals surface area contributed by atoms with E-state index in [0.717, 1.165) is 6.54 Å². The smallest absolute Gasteiger partial charge is 0.407 e. The second kappa shape index (κ2) is 6.04. The Bertz CT molecular complexity index is 312. The molecule has 1 saturated heterocycles. The second-order valence-corrected chi connectivity index (χ2v) is 5.38. The molecule has 1 amide bonds. The van der Waals surface area contributed by atoms with Crippen LogP contribution in [0.5, 0.6) is 0 Å². The first kappa shape index (κ1) is 14.8. The second-order valence-electron chi connectivity index (χ2n) is 5.38. The van der Waals surface area contributed by atoms with Crippen molar-refractivity contribution in [2.75, 3.05) is 20.2 Å². The van der Waals surface area contributed by atoms with E-state index in [9.17, 15) is 9.59 Å². The molecule has 0 aliphatic carbocycles. The Morgan fingerprint density at radius 2 is 2.00 bits per heavy atom. The van der Waals surface area contributed by atoms with Crippen molar-refractivity contribution in [1.82, 2.24) is 10.6 Å². The largest absolute Gasteiger partial charge is 0.469 e. The topological polar surface area (TPSA) is 76.7 Å². The summed E-state index contributed by atoms with van der Waals surface area (Å²) < 4.78 is 9.92. The van der Waals surface area contributed by atoms with Crippen LogP contribution in [0.4, 0.5) is 4.79 Å². The minimum absolute atomic E-state index is 0.291. The van der Waals surface area contributed by atoms with Gasteiger partial charge < -0.3 is 20.1 Å². The minimum Gasteiger partial charge on any atom is -0.469 e. The Morgan fingerprint density at radius 3 is 2.56 bits per heavy atom. The van der Waals surface area contributed by atoms with E-state index in [4.69, 9.17) is 9.47 Å². The molecule has 6 nitrogen and oxygen atoms in total. The molecule has 0 aromatic heterocycles. The molecule has 1 aliphatic heterocycles. The van der Waals surface area contributed by atoms with E-state index in [2.05, 4.69) is 10.6 Å². The fourth-order valence-corrected chi connectivity index (χ4v) is 1.90. The number of ether oxygens (including phenoxy) is 2. The Kier molecular flexibility index (Phi) is 4.95. The van der Waals surface area contributed by atoms with Crippen molar-refractivity contribution in [2.24, 2.45) is 5.92 Å². The molecule has 0 radical (unpaired) electrons. The van der Waals surface area contributed by atoms with Crippen molar-refractivity contribution < 1.29 is 19.1 Å². The van der Waals surface area contributed by atoms with Crippen LogP contribution in [0.1, 0.15) is 27.2 Å². The van der Waals surface area contributed by atoms with Gasteiger partial charge in [0.05, 0.1) is 19.1 Å². The maximum Gasteiger partial charge on any atom is 0.407 e. The van der Waals surface area contributed by atoms with E-state index >= 15 is 0 Å². The number of esters is 1. The van der Waals surface area contributed by atoms with E-state index in [-0.39, 0.29) is 17.9 Å². The van der Waals surface area contributed by atoms with Crippen LogP contribution in [0.3, 0.4) is 0 Å². The first-order valence-corrected chi connectivity index (χ1v) is 6.11. The normalized spacial score (nSPS) is 24.2. The number of amides is 1. The third-order valence-corrected chi connectivity index (χ3v) is 2.69. The van der Waals surface area contributed by atoms with Crippen LogP contribution < -0.4 is 10.6 Å². The molecule has 2 atom stereocenters. The van der Waals surface area contributed by atoms with Crippen LogP contribution in [0.15, 0.2) is 0 Å². The number of alkyl carbamates (subject to hydrolysis) is 1. The molecule has 1 fully saturated rings. The number of hydrogen-bond donors (Lipinski definition) is 2. The molecule has 1 aliphatic rings. The molecule has 2 N–H and O–H groups in total. The maximum atomic E-state index is 11.7. The van der Waals surface area contributed by atoms with Gasteiger partial charge in [-0.05, 0) is 33.7 Å². The SMILES string of the molecule is COC(=O)[C@H]1CCNC[C@H]1NC(=O)OC(C)(C)C. The molecule has 1 rings (SSSR count). The Balaban J connectivity index is 2.57. The lowest BCUT2D eigenvalue weighted by atomic mass is 9.93. The first-order chi connectivity index (χ1) is 8.33. The molecule has 104 valence electrons. The van der Waals surface area contributed by atoms with Crippen LogP contribution in [-0.4, -0.2) is 43.9 Å². The monoisotopic (exact) mass is 258 g/mol. The van der Waals surface area contributed by atoms with Gasteiger partial charge in [-0.3, -0.25) is 4.79 Å². The van der Waals surface area contributed by atoms with Crippen molar-refractivity contribution in [3.8, 4) is 0 Å². The zero-order valence-corrected chi connectivity index (χ0v) is 11.4. The van der Waals surface area contributed by atoms with E-state index < -0.39 is 11.7 Å². The zero-order chi connectivity index (χ0) is 13.8. The highest BCUT2D eigenvalue weighted by molar-refractivity contribution is 5.75. The van der Waals surface area contributed by atoms with Crippen LogP contribution in [0, 0.1) is 5.92 Å². The number of carbonyl (C=O) groups is 2. The molecule has 0 aromatic carbocycles. The van der Waals surface area contributed by atoms with E-state index in [1.165, 1.54) is 7.11 Å². The zero-order valence-electron chi connectivity index (χ0n) is 11.4. The van der Waals surface area contributed by atoms with Crippen LogP contribution >= 0.6 is 0 Å². The fourth-order valence-electron chi connectivity index (χ4n) is 1.90. The molecule has 0 spiro atoms. The number of carbonyl (C=O) groups excluding carboxylic acids is 2. The summed E-state index contributed by atoms with van der Waals surface area (Å²) in [5, 5.41) is 5.85. The van der Waals surface area contributed by atoms with Gasteiger partial charge in [0.25, 0.3) is 0 Å². The highest BCUT2D eigenvalue weighted by Crippen LogP contribution is 2.15. The van der Waals surface area contributed by atoms with Crippen LogP contribution in [0.25, 0.3) is 0 Å². The molecule has 0 saturated carbocycles. The maximum absolute atomic E-state index is 11.7. The number of hydrogen-bond acceptors (Lipinski definition) is 5. The van der Waals surface area contributed by atoms with Gasteiger partial charge in [0, 0.05) is 6.54 Å². The van der Waals surface area contributed by atoms with Crippen molar-refractivity contribution in [2.45, 2.75) is 38.8 Å². The summed E-state index contributed by atoms with van der Waals surface area (Å²) >= 11 is 0. The fraction of sp³-hybridized carbons (Fsp3) is 0.833. The average Bonchev–Trinajstić information content (AvgIpc) is 2.26. The number of nitrogens with one attached hydrogen (secondary N) is 2. The highest BCUT2D eigenvalue weighted by Gasteiger charge is 2.33. The first-order valence-electron chi connectivity index (χ1n) is 6.11. The predicted molar refractivity (Wildman–Crippen MR) is 66.2 cm³/mol. The molecule has 0 bridgehead atoms. The van der Waals surface area contributed by atoms with E-state index in [1.54, 1.807) is 20.8 Å². The van der Waals surface area contributed by atoms with Crippen molar-refractivity contribution in [3.05, 3.63) is 0 Å². The molecular formula is C12H22N2O4. The quantitative estimate of drug-likeness (QED) is 0.712. The molecule has 1 heterocycles. The van der Waals surface area contributed by atoms with E-state index in [1.807, 2.05) is 0 Å².